The van der Waals surface area contributed by atoms with Crippen molar-refractivity contribution in [3.8, 4) is 11.5 Å². The molecule has 104 valence electrons. The molecule has 0 aromatic heterocycles. The van der Waals surface area contributed by atoms with Crippen LogP contribution >= 0.6 is 15.9 Å². The highest BCUT2D eigenvalue weighted by molar-refractivity contribution is 9.10. The number of benzene rings is 2. The highest BCUT2D eigenvalue weighted by Gasteiger charge is 2.16. The van der Waals surface area contributed by atoms with Gasteiger partial charge in [-0.1, -0.05) is 28.1 Å². The van der Waals surface area contributed by atoms with Crippen molar-refractivity contribution < 1.29 is 13.5 Å². The van der Waals surface area contributed by atoms with Crippen LogP contribution in [0.4, 0.5) is 8.78 Å². The summed E-state index contributed by atoms with van der Waals surface area (Å²) in [6.45, 7) is 1.73. The van der Waals surface area contributed by atoms with Gasteiger partial charge in [0.1, 0.15) is 11.6 Å². The quantitative estimate of drug-likeness (QED) is 0.501. The normalized spacial score (nSPS) is 10.4. The third-order valence-corrected chi connectivity index (χ3v) is 3.13. The van der Waals surface area contributed by atoms with Crippen LogP contribution in [0.1, 0.15) is 11.1 Å². The van der Waals surface area contributed by atoms with Gasteiger partial charge in [0.05, 0.1) is 5.56 Å². The topological polar surface area (TPSA) is 59.1 Å². The first-order valence-electron chi connectivity index (χ1n) is 5.66. The van der Waals surface area contributed by atoms with Gasteiger partial charge in [0.25, 0.3) is 0 Å². The molecule has 0 radical (unpaired) electrons. The molecule has 0 aliphatic heterocycles. The minimum Gasteiger partial charge on any atom is -0.453 e. The van der Waals surface area contributed by atoms with E-state index in [1.807, 2.05) is 0 Å². The van der Waals surface area contributed by atoms with Crippen LogP contribution in [0, 0.1) is 24.0 Å². The third-order valence-electron chi connectivity index (χ3n) is 2.67. The molecule has 3 nitrogen and oxygen atoms in total. The van der Waals surface area contributed by atoms with Crippen molar-refractivity contribution in [3.63, 3.8) is 0 Å². The van der Waals surface area contributed by atoms with Crippen molar-refractivity contribution >= 4 is 21.8 Å². The maximum atomic E-state index is 13.7. The van der Waals surface area contributed by atoms with E-state index in [9.17, 15) is 8.78 Å². The Hall–Kier alpha value is -1.95. The Labute approximate surface area is 123 Å². The molecule has 0 bridgehead atoms. The Morgan fingerprint density at radius 2 is 2.00 bits per heavy atom. The van der Waals surface area contributed by atoms with E-state index in [4.69, 9.17) is 15.9 Å². The second-order valence-corrected chi connectivity index (χ2v) is 5.08. The molecule has 20 heavy (non-hydrogen) atoms. The molecule has 0 atom stereocenters. The fourth-order valence-electron chi connectivity index (χ4n) is 1.72. The van der Waals surface area contributed by atoms with Crippen molar-refractivity contribution in [1.29, 1.82) is 5.41 Å². The second kappa shape index (κ2) is 5.58. The van der Waals surface area contributed by atoms with Crippen LogP contribution in [0.2, 0.25) is 0 Å². The van der Waals surface area contributed by atoms with Crippen molar-refractivity contribution in [3.05, 3.63) is 57.6 Å². The summed E-state index contributed by atoms with van der Waals surface area (Å²) in [6, 6.07) is 7.34. The van der Waals surface area contributed by atoms with E-state index in [2.05, 4.69) is 15.9 Å². The van der Waals surface area contributed by atoms with Crippen LogP contribution in [-0.2, 0) is 0 Å². The Kier molecular flexibility index (Phi) is 4.04. The molecule has 0 saturated carbocycles. The zero-order valence-electron chi connectivity index (χ0n) is 10.5. The molecule has 0 unspecified atom stereocenters. The van der Waals surface area contributed by atoms with Gasteiger partial charge in [-0.05, 0) is 30.7 Å². The lowest BCUT2D eigenvalue weighted by atomic mass is 10.1. The number of halogens is 3. The lowest BCUT2D eigenvalue weighted by Gasteiger charge is -2.14. The first-order chi connectivity index (χ1) is 9.40. The maximum absolute atomic E-state index is 13.7. The van der Waals surface area contributed by atoms with Crippen molar-refractivity contribution in [2.24, 2.45) is 5.73 Å². The summed E-state index contributed by atoms with van der Waals surface area (Å²) in [5.41, 5.74) is 6.45. The monoisotopic (exact) mass is 340 g/mol. The zero-order valence-corrected chi connectivity index (χ0v) is 12.1. The molecule has 0 spiro atoms. The Morgan fingerprint density at radius 1 is 1.30 bits per heavy atom. The molecular formula is C14H11BrF2N2O. The Bertz CT molecular complexity index is 689. The van der Waals surface area contributed by atoms with E-state index in [-0.39, 0.29) is 17.3 Å². The van der Waals surface area contributed by atoms with Gasteiger partial charge in [0.2, 0.25) is 5.82 Å². The minimum absolute atomic E-state index is 0.209. The van der Waals surface area contributed by atoms with Crippen molar-refractivity contribution in [2.45, 2.75) is 6.92 Å². The molecule has 6 heteroatoms. The predicted molar refractivity (Wildman–Crippen MR) is 76.3 cm³/mol. The summed E-state index contributed by atoms with van der Waals surface area (Å²) in [4.78, 5) is 0. The van der Waals surface area contributed by atoms with Gasteiger partial charge in [-0.2, -0.15) is 4.39 Å². The highest BCUT2D eigenvalue weighted by Crippen LogP contribution is 2.33. The molecule has 0 fully saturated rings. The van der Waals surface area contributed by atoms with Gasteiger partial charge in [-0.3, -0.25) is 5.41 Å². The second-order valence-electron chi connectivity index (χ2n) is 4.17. The van der Waals surface area contributed by atoms with Gasteiger partial charge in [-0.15, -0.1) is 0 Å². The number of nitrogens with two attached hydrogens (primary N) is 1. The molecule has 0 amide bonds. The molecule has 2 rings (SSSR count). The summed E-state index contributed by atoms with van der Waals surface area (Å²) in [5, 5.41) is 7.50. The summed E-state index contributed by atoms with van der Waals surface area (Å²) in [7, 11) is 0. The van der Waals surface area contributed by atoms with E-state index in [0.717, 1.165) is 6.07 Å². The average Bonchev–Trinajstić information content (AvgIpc) is 2.37. The van der Waals surface area contributed by atoms with Crippen molar-refractivity contribution in [1.82, 2.24) is 0 Å². The van der Waals surface area contributed by atoms with E-state index < -0.39 is 11.6 Å². The van der Waals surface area contributed by atoms with Crippen LogP contribution in [0.15, 0.2) is 34.8 Å². The standard InChI is InChI=1S/C14H11BrF2N2O/c1-7-3-2-4-9(14(18)19)13(7)20-11-6-8(15)5-10(16)12(11)17/h2-6H,1H3,(H3,18,19). The minimum atomic E-state index is -1.09. The zero-order chi connectivity index (χ0) is 14.9. The molecule has 2 aromatic rings. The summed E-state index contributed by atoms with van der Waals surface area (Å²) < 4.78 is 32.9. The average molecular weight is 341 g/mol. The lowest BCUT2D eigenvalue weighted by Crippen LogP contribution is -2.13. The lowest BCUT2D eigenvalue weighted by molar-refractivity contribution is 0.413. The number of para-hydroxylation sites is 1. The summed E-state index contributed by atoms with van der Waals surface area (Å²) in [6.07, 6.45) is 0. The van der Waals surface area contributed by atoms with E-state index >= 15 is 0 Å². The number of aryl methyl sites for hydroxylation is 1. The molecule has 0 aliphatic rings. The number of nitrogen functional groups attached to an aromatic ring is 1. The third kappa shape index (κ3) is 2.80. The highest BCUT2D eigenvalue weighted by atomic mass is 79.9. The number of hydrogen-bond acceptors (Lipinski definition) is 2. The number of rotatable bonds is 3. The van der Waals surface area contributed by atoms with Crippen LogP contribution < -0.4 is 10.5 Å². The molecule has 0 saturated heterocycles. The van der Waals surface area contributed by atoms with E-state index in [1.54, 1.807) is 25.1 Å². The number of amidine groups is 1. The van der Waals surface area contributed by atoms with Gasteiger partial charge in [0.15, 0.2) is 11.6 Å². The Balaban J connectivity index is 2.53. The Morgan fingerprint density at radius 3 is 2.65 bits per heavy atom. The van der Waals surface area contributed by atoms with Gasteiger partial charge >= 0.3 is 0 Å². The van der Waals surface area contributed by atoms with E-state index in [0.29, 0.717) is 15.6 Å². The van der Waals surface area contributed by atoms with Crippen LogP contribution in [0.3, 0.4) is 0 Å². The van der Waals surface area contributed by atoms with Crippen molar-refractivity contribution in [2.75, 3.05) is 0 Å². The van der Waals surface area contributed by atoms with Crippen LogP contribution in [-0.4, -0.2) is 5.84 Å². The SMILES string of the molecule is Cc1cccc(C(=N)N)c1Oc1cc(Br)cc(F)c1F. The molecular weight excluding hydrogens is 330 g/mol. The number of nitrogens with one attached hydrogen (secondary N) is 1. The first-order valence-corrected chi connectivity index (χ1v) is 6.46. The number of ether oxygens (including phenoxy) is 1. The molecule has 0 aliphatic carbocycles. The maximum Gasteiger partial charge on any atom is 0.201 e. The van der Waals surface area contributed by atoms with Crippen LogP contribution in [0.5, 0.6) is 11.5 Å². The number of hydrogen-bond donors (Lipinski definition) is 2. The molecule has 2 aromatic carbocycles. The fourth-order valence-corrected chi connectivity index (χ4v) is 2.13. The van der Waals surface area contributed by atoms with Gasteiger partial charge in [0, 0.05) is 4.47 Å². The van der Waals surface area contributed by atoms with Crippen LogP contribution in [0.25, 0.3) is 0 Å². The summed E-state index contributed by atoms with van der Waals surface area (Å²) >= 11 is 3.07. The predicted octanol–water partition coefficient (Wildman–Crippen LogP) is 4.11. The summed E-state index contributed by atoms with van der Waals surface area (Å²) in [5.74, 6) is -2.36. The largest absolute Gasteiger partial charge is 0.453 e. The van der Waals surface area contributed by atoms with E-state index in [1.165, 1.54) is 6.07 Å². The van der Waals surface area contributed by atoms with Gasteiger partial charge < -0.3 is 10.5 Å². The molecule has 0 heterocycles. The smallest absolute Gasteiger partial charge is 0.201 e. The van der Waals surface area contributed by atoms with Gasteiger partial charge in [-0.25, -0.2) is 4.39 Å². The first kappa shape index (κ1) is 14.5. The molecule has 3 N–H and O–H groups in total. The fraction of sp³-hybridized carbons (Fsp3) is 0.0714.